The molecule has 6 N–H and O–H groups in total. The summed E-state index contributed by atoms with van der Waals surface area (Å²) in [5.74, 6) is -0.454. The fraction of sp³-hybridized carbons (Fsp3) is 0.929. The number of amides is 2. The van der Waals surface area contributed by atoms with Crippen molar-refractivity contribution in [2.24, 2.45) is 0 Å². The van der Waals surface area contributed by atoms with E-state index in [4.69, 9.17) is 9.90 Å². The molecule has 0 aliphatic carbocycles. The third-order valence-electron chi connectivity index (χ3n) is 9.22. The number of carboxylic acid groups (broad SMARTS) is 1. The Balaban J connectivity index is 0. The molecule has 0 heterocycles. The van der Waals surface area contributed by atoms with Crippen molar-refractivity contribution in [1.29, 1.82) is 0 Å². The van der Waals surface area contributed by atoms with E-state index in [1.807, 2.05) is 0 Å². The zero-order valence-corrected chi connectivity index (χ0v) is 34.1. The minimum absolute atomic E-state index is 0.190. The van der Waals surface area contributed by atoms with Gasteiger partial charge >= 0.3 is 0 Å². The number of carboxylic acids is 1. The maximum Gasteiger partial charge on any atom is 0.300 e. The van der Waals surface area contributed by atoms with E-state index in [1.165, 1.54) is 154 Å². The van der Waals surface area contributed by atoms with E-state index in [1.54, 1.807) is 0 Å². The Bertz CT molecular complexity index is 669. The van der Waals surface area contributed by atoms with Crippen LogP contribution >= 0.6 is 0 Å². The van der Waals surface area contributed by atoms with Gasteiger partial charge in [-0.1, -0.05) is 168 Å². The minimum atomic E-state index is -0.833. The van der Waals surface area contributed by atoms with Gasteiger partial charge in [-0.05, 0) is 12.8 Å². The van der Waals surface area contributed by atoms with Crippen molar-refractivity contribution < 1.29 is 19.5 Å². The predicted octanol–water partition coefficient (Wildman–Crippen LogP) is 9.04. The second-order valence-electron chi connectivity index (χ2n) is 14.5. The van der Waals surface area contributed by atoms with Gasteiger partial charge in [0.15, 0.2) is 0 Å². The molecule has 0 unspecified atom stereocenters. The van der Waals surface area contributed by atoms with E-state index >= 15 is 0 Å². The Morgan fingerprint density at radius 1 is 0.353 bits per heavy atom. The van der Waals surface area contributed by atoms with E-state index in [2.05, 4.69) is 40.4 Å². The summed E-state index contributed by atoms with van der Waals surface area (Å²) in [6, 6.07) is 0. The fourth-order valence-corrected chi connectivity index (χ4v) is 6.09. The summed E-state index contributed by atoms with van der Waals surface area (Å²) in [5, 5.41) is 23.7. The summed E-state index contributed by atoms with van der Waals surface area (Å²) >= 11 is 0. The number of carbonyl (C=O) groups excluding carboxylic acids is 2. The molecule has 0 bridgehead atoms. The van der Waals surface area contributed by atoms with Crippen LogP contribution in [0.5, 0.6) is 0 Å². The van der Waals surface area contributed by atoms with Crippen LogP contribution in [0.15, 0.2) is 0 Å². The third-order valence-corrected chi connectivity index (χ3v) is 9.22. The molecule has 0 saturated carbocycles. The summed E-state index contributed by atoms with van der Waals surface area (Å²) in [6.45, 7) is 12.3. The van der Waals surface area contributed by atoms with Gasteiger partial charge in [-0.3, -0.25) is 14.4 Å². The van der Waals surface area contributed by atoms with Crippen LogP contribution in [0.2, 0.25) is 0 Å². The van der Waals surface area contributed by atoms with Crippen LogP contribution in [-0.2, 0) is 14.4 Å². The van der Waals surface area contributed by atoms with Gasteiger partial charge in [0.2, 0.25) is 11.8 Å². The zero-order chi connectivity index (χ0) is 37.7. The monoisotopic (exact) mass is 726 g/mol. The normalized spacial score (nSPS) is 10.9. The number of rotatable bonds is 40. The molecule has 0 aromatic rings. The molecule has 304 valence electrons. The van der Waals surface area contributed by atoms with Crippen LogP contribution in [0.1, 0.15) is 201 Å². The average Bonchev–Trinajstić information content (AvgIpc) is 3.10. The summed E-state index contributed by atoms with van der Waals surface area (Å²) in [5.41, 5.74) is 0. The number of hydrogen-bond acceptors (Lipinski definition) is 6. The lowest BCUT2D eigenvalue weighted by atomic mass is 10.0. The lowest BCUT2D eigenvalue weighted by Crippen LogP contribution is -2.37. The average molecular weight is 726 g/mol. The Morgan fingerprint density at radius 2 is 0.549 bits per heavy atom. The van der Waals surface area contributed by atoms with E-state index in [0.717, 1.165) is 59.0 Å². The maximum absolute atomic E-state index is 12.0. The third kappa shape index (κ3) is 52.7. The van der Waals surface area contributed by atoms with Gasteiger partial charge in [-0.2, -0.15) is 0 Å². The van der Waals surface area contributed by atoms with Gasteiger partial charge in [0.1, 0.15) is 0 Å². The lowest BCUT2D eigenvalue weighted by molar-refractivity contribution is -0.134. The number of nitrogens with one attached hydrogen (secondary N) is 5. The summed E-state index contributed by atoms with van der Waals surface area (Å²) in [4.78, 5) is 33.0. The maximum atomic E-state index is 12.0. The Kier molecular flexibility index (Phi) is 46.7. The van der Waals surface area contributed by atoms with Crippen molar-refractivity contribution in [2.45, 2.75) is 201 Å². The number of aliphatic carboxylic acids is 1. The van der Waals surface area contributed by atoms with Crippen LogP contribution in [0, 0.1) is 0 Å². The fourth-order valence-electron chi connectivity index (χ4n) is 6.09. The smallest absolute Gasteiger partial charge is 0.300 e. The van der Waals surface area contributed by atoms with Gasteiger partial charge < -0.3 is 31.7 Å². The van der Waals surface area contributed by atoms with Gasteiger partial charge in [0.25, 0.3) is 5.97 Å². The highest BCUT2D eigenvalue weighted by Crippen LogP contribution is 2.14. The molecule has 0 fully saturated rings. The molecule has 0 aromatic heterocycles. The molecule has 0 spiro atoms. The van der Waals surface area contributed by atoms with Gasteiger partial charge in [-0.15, -0.1) is 0 Å². The molecular weight excluding hydrogens is 638 g/mol. The Labute approximate surface area is 316 Å². The molecule has 51 heavy (non-hydrogen) atoms. The molecule has 9 heteroatoms. The van der Waals surface area contributed by atoms with Gasteiger partial charge in [0, 0.05) is 72.1 Å². The van der Waals surface area contributed by atoms with Crippen LogP contribution < -0.4 is 26.6 Å². The van der Waals surface area contributed by atoms with E-state index < -0.39 is 5.97 Å². The van der Waals surface area contributed by atoms with E-state index in [9.17, 15) is 9.59 Å². The SMILES string of the molecule is CC(=O)O.CCCCCCCCCCCCCCCC(=O)NCCNCCNCCNCCNC(=O)CCCCCCCCCCCCCCC. The molecule has 0 radical (unpaired) electrons. The molecule has 0 atom stereocenters. The molecule has 2 amide bonds. The highest BCUT2D eigenvalue weighted by Gasteiger charge is 2.02. The van der Waals surface area contributed by atoms with Gasteiger partial charge in [-0.25, -0.2) is 0 Å². The molecule has 0 aromatic carbocycles. The topological polar surface area (TPSA) is 132 Å². The highest BCUT2D eigenvalue weighted by atomic mass is 16.4. The predicted molar refractivity (Wildman–Crippen MR) is 219 cm³/mol. The van der Waals surface area contributed by atoms with Crippen LogP contribution in [0.4, 0.5) is 0 Å². The second kappa shape index (κ2) is 46.3. The van der Waals surface area contributed by atoms with Crippen LogP contribution in [0.25, 0.3) is 0 Å². The van der Waals surface area contributed by atoms with Crippen LogP contribution in [0.3, 0.4) is 0 Å². The summed E-state index contributed by atoms with van der Waals surface area (Å²) in [7, 11) is 0. The zero-order valence-electron chi connectivity index (χ0n) is 34.1. The number of carbonyl (C=O) groups is 3. The highest BCUT2D eigenvalue weighted by molar-refractivity contribution is 5.76. The minimum Gasteiger partial charge on any atom is -0.481 e. The second-order valence-corrected chi connectivity index (χ2v) is 14.5. The quantitative estimate of drug-likeness (QED) is 0.0348. The van der Waals surface area contributed by atoms with Crippen molar-refractivity contribution in [2.75, 3.05) is 52.4 Å². The van der Waals surface area contributed by atoms with Crippen molar-refractivity contribution in [1.82, 2.24) is 26.6 Å². The molecule has 0 aliphatic heterocycles. The van der Waals surface area contributed by atoms with E-state index in [-0.39, 0.29) is 11.8 Å². The van der Waals surface area contributed by atoms with Crippen molar-refractivity contribution in [3.05, 3.63) is 0 Å². The standard InChI is InChI=1S/C40H83N5O2.C2H4O2/c1-3-5-7-9-11-13-15-17-19-21-23-25-27-29-39(46)44-37-35-42-33-31-41-32-34-43-36-38-45-40(47)30-28-26-24-22-20-18-16-14-12-10-8-6-4-2;1-2(3)4/h41-43H,3-38H2,1-2H3,(H,44,46)(H,45,47);1H3,(H,3,4). The number of hydrogen-bond donors (Lipinski definition) is 6. The first-order valence-corrected chi connectivity index (χ1v) is 21.8. The van der Waals surface area contributed by atoms with Crippen LogP contribution in [-0.4, -0.2) is 75.2 Å². The van der Waals surface area contributed by atoms with Crippen molar-refractivity contribution >= 4 is 17.8 Å². The first-order chi connectivity index (χ1) is 24.9. The molecule has 9 nitrogen and oxygen atoms in total. The summed E-state index contributed by atoms with van der Waals surface area (Å²) < 4.78 is 0. The molecule has 0 rings (SSSR count). The molecule has 0 aliphatic rings. The molecular formula is C42H87N5O4. The summed E-state index contributed by atoms with van der Waals surface area (Å²) in [6.07, 6.45) is 36.0. The Morgan fingerprint density at radius 3 is 0.784 bits per heavy atom. The van der Waals surface area contributed by atoms with E-state index in [0.29, 0.717) is 25.9 Å². The first kappa shape index (κ1) is 51.4. The Hall–Kier alpha value is -1.71. The van der Waals surface area contributed by atoms with Crippen molar-refractivity contribution in [3.8, 4) is 0 Å². The first-order valence-electron chi connectivity index (χ1n) is 21.8. The lowest BCUT2D eigenvalue weighted by Gasteiger charge is -2.09. The number of unbranched alkanes of at least 4 members (excludes halogenated alkanes) is 24. The largest absolute Gasteiger partial charge is 0.481 e. The molecule has 0 saturated heterocycles. The van der Waals surface area contributed by atoms with Crippen molar-refractivity contribution in [3.63, 3.8) is 0 Å². The van der Waals surface area contributed by atoms with Gasteiger partial charge in [0.05, 0.1) is 0 Å².